The Morgan fingerprint density at radius 3 is 2.63 bits per heavy atom. The van der Waals surface area contributed by atoms with Crippen LogP contribution in [0.25, 0.3) is 11.2 Å². The number of nitrogens with one attached hydrogen (secondary N) is 2. The number of unbranched alkanes of at least 4 members (excludes halogenated alkanes) is 1. The molecule has 4 rings (SSSR count). The number of hydrogen-bond acceptors (Lipinski definition) is 10. The highest BCUT2D eigenvalue weighted by atomic mass is 31.2. The van der Waals surface area contributed by atoms with E-state index in [0.29, 0.717) is 5.69 Å². The number of anilines is 2. The molecular formula is C21H27N5O10P2. The van der Waals surface area contributed by atoms with Gasteiger partial charge in [-0.15, -0.1) is 0 Å². The first-order valence-corrected chi connectivity index (χ1v) is 14.8. The summed E-state index contributed by atoms with van der Waals surface area (Å²) < 4.78 is 34.5. The van der Waals surface area contributed by atoms with Gasteiger partial charge < -0.3 is 34.4 Å². The fourth-order valence-electron chi connectivity index (χ4n) is 3.90. The Morgan fingerprint density at radius 1 is 1.26 bits per heavy atom. The van der Waals surface area contributed by atoms with E-state index in [2.05, 4.69) is 31.7 Å². The Bertz CT molecular complexity index is 1470. The van der Waals surface area contributed by atoms with E-state index >= 15 is 0 Å². The molecule has 0 saturated carbocycles. The molecule has 0 bridgehead atoms. The predicted molar refractivity (Wildman–Crippen MR) is 134 cm³/mol. The molecule has 0 radical (unpaired) electrons. The lowest BCUT2D eigenvalue weighted by molar-refractivity contribution is -0.0391. The Morgan fingerprint density at radius 2 is 1.97 bits per heavy atom. The first kappa shape index (κ1) is 28.3. The van der Waals surface area contributed by atoms with Gasteiger partial charge in [0.05, 0.1) is 19.0 Å². The monoisotopic (exact) mass is 571 g/mol. The van der Waals surface area contributed by atoms with Gasteiger partial charge in [-0.1, -0.05) is 25.5 Å². The molecule has 6 N–H and O–H groups in total. The summed E-state index contributed by atoms with van der Waals surface area (Å²) in [7, 11) is -10.9. The minimum absolute atomic E-state index is 0.00959. The number of aryl methyl sites for hydroxylation is 1. The number of rotatable bonds is 11. The Kier molecular flexibility index (Phi) is 8.31. The van der Waals surface area contributed by atoms with E-state index in [4.69, 9.17) is 14.5 Å². The molecule has 4 atom stereocenters. The van der Waals surface area contributed by atoms with Gasteiger partial charge in [0.15, 0.2) is 11.2 Å². The van der Waals surface area contributed by atoms with Gasteiger partial charge in [-0.2, -0.15) is 4.98 Å². The molecule has 3 aromatic rings. The van der Waals surface area contributed by atoms with Crippen LogP contribution >= 0.6 is 15.2 Å². The Balaban J connectivity index is 1.49. The standard InChI is InChI=1S/C21H27N5O10P2/c1-2-3-4-12-5-7-13(8-6-12)23-20-24-18-17(19(28)25-20)22-11-26(18)16-9-14(27)15(36-16)10-35-38(33,34)21(29)37(30,31)32/h5-8,11,14-16,27H,2-4,9-10H2,1H3,(H,33,34)(H2,30,31,32)(H2,23,24,25,28)/t14-,15+,16+/m0/s1. The molecule has 0 aliphatic carbocycles. The van der Waals surface area contributed by atoms with Crippen LogP contribution in [0.2, 0.25) is 0 Å². The normalized spacial score (nSPS) is 21.4. The summed E-state index contributed by atoms with van der Waals surface area (Å²) in [6, 6.07) is 7.69. The zero-order valence-corrected chi connectivity index (χ0v) is 21.9. The third-order valence-electron chi connectivity index (χ3n) is 5.89. The largest absolute Gasteiger partial charge is 0.407 e. The molecule has 2 aromatic heterocycles. The lowest BCUT2D eigenvalue weighted by atomic mass is 10.1. The van der Waals surface area contributed by atoms with E-state index in [0.717, 1.165) is 19.3 Å². The quantitative estimate of drug-likeness (QED) is 0.182. The van der Waals surface area contributed by atoms with Crippen molar-refractivity contribution in [3.8, 4) is 0 Å². The van der Waals surface area contributed by atoms with Crippen LogP contribution in [-0.2, 0) is 24.8 Å². The van der Waals surface area contributed by atoms with Crippen LogP contribution in [0.1, 0.15) is 38.0 Å². The van der Waals surface area contributed by atoms with Crippen LogP contribution in [-0.4, -0.2) is 63.4 Å². The second-order valence-electron chi connectivity index (χ2n) is 8.74. The van der Waals surface area contributed by atoms with Gasteiger partial charge in [-0.25, -0.2) is 4.98 Å². The van der Waals surface area contributed by atoms with Crippen molar-refractivity contribution in [2.24, 2.45) is 0 Å². The van der Waals surface area contributed by atoms with Crippen molar-refractivity contribution in [3.05, 3.63) is 46.5 Å². The fourth-order valence-corrected chi connectivity index (χ4v) is 5.85. The van der Waals surface area contributed by atoms with Crippen LogP contribution in [0.5, 0.6) is 0 Å². The second-order valence-corrected chi connectivity index (χ2v) is 12.3. The van der Waals surface area contributed by atoms with Crippen LogP contribution in [0.3, 0.4) is 0 Å². The molecule has 38 heavy (non-hydrogen) atoms. The van der Waals surface area contributed by atoms with Crippen molar-refractivity contribution in [2.75, 3.05) is 11.9 Å². The molecule has 3 heterocycles. The van der Waals surface area contributed by atoms with E-state index in [1.54, 1.807) is 0 Å². The van der Waals surface area contributed by atoms with Gasteiger partial charge in [0.2, 0.25) is 5.95 Å². The van der Waals surface area contributed by atoms with E-state index in [1.807, 2.05) is 24.3 Å². The summed E-state index contributed by atoms with van der Waals surface area (Å²) in [6.45, 7) is 1.31. The molecule has 0 spiro atoms. The van der Waals surface area contributed by atoms with E-state index in [-0.39, 0.29) is 23.5 Å². The van der Waals surface area contributed by atoms with Crippen LogP contribution in [0, 0.1) is 0 Å². The van der Waals surface area contributed by atoms with Gasteiger partial charge in [-0.05, 0) is 30.5 Å². The zero-order valence-electron chi connectivity index (χ0n) is 20.1. The summed E-state index contributed by atoms with van der Waals surface area (Å²) in [5.74, 6) is 0.140. The number of aliphatic hydroxyl groups excluding tert-OH is 1. The maximum Gasteiger partial charge on any atom is 0.407 e. The zero-order chi connectivity index (χ0) is 27.7. The number of H-pyrrole nitrogens is 1. The van der Waals surface area contributed by atoms with Crippen molar-refractivity contribution in [2.45, 2.75) is 51.0 Å². The molecule has 15 nitrogen and oxygen atoms in total. The molecule has 1 aliphatic heterocycles. The van der Waals surface area contributed by atoms with Crippen molar-refractivity contribution in [3.63, 3.8) is 0 Å². The summed E-state index contributed by atoms with van der Waals surface area (Å²) in [4.78, 5) is 62.4. The molecule has 1 aromatic carbocycles. The Labute approximate surface area is 215 Å². The first-order chi connectivity index (χ1) is 17.9. The number of aromatic nitrogens is 4. The number of benzene rings is 1. The molecule has 1 aliphatic rings. The molecular weight excluding hydrogens is 544 g/mol. The SMILES string of the molecule is CCCCc1ccc(Nc2nc3c(ncn3[C@H]3C[C@H](O)[C@@H](COP(=O)(O)C(=O)P(=O)(O)O)O3)c(=O)[nH]2)cc1. The van der Waals surface area contributed by atoms with Gasteiger partial charge in [0.1, 0.15) is 12.3 Å². The third kappa shape index (κ3) is 6.28. The summed E-state index contributed by atoms with van der Waals surface area (Å²) in [5.41, 5.74) is 1.51. The third-order valence-corrected chi connectivity index (χ3v) is 8.91. The number of aromatic amines is 1. The van der Waals surface area contributed by atoms with Crippen molar-refractivity contribution < 1.29 is 43.0 Å². The van der Waals surface area contributed by atoms with Crippen LogP contribution < -0.4 is 10.9 Å². The number of ether oxygens (including phenoxy) is 1. The smallest absolute Gasteiger partial charge is 0.390 e. The van der Waals surface area contributed by atoms with E-state index < -0.39 is 51.1 Å². The highest BCUT2D eigenvalue weighted by Crippen LogP contribution is 2.58. The van der Waals surface area contributed by atoms with E-state index in [1.165, 1.54) is 16.5 Å². The number of nitrogens with zero attached hydrogens (tertiary/aromatic N) is 3. The second kappa shape index (κ2) is 11.2. The van der Waals surface area contributed by atoms with Crippen LogP contribution in [0.4, 0.5) is 16.4 Å². The summed E-state index contributed by atoms with van der Waals surface area (Å²) in [5, 5.41) is 11.1. The highest BCUT2D eigenvalue weighted by molar-refractivity contribution is 7.97. The molecule has 1 fully saturated rings. The molecule has 1 saturated heterocycles. The Hall–Kier alpha value is -2.74. The topological polar surface area (TPSA) is 226 Å². The number of fused-ring (bicyclic) bond motifs is 1. The van der Waals surface area contributed by atoms with Gasteiger partial charge in [0, 0.05) is 12.1 Å². The highest BCUT2D eigenvalue weighted by Gasteiger charge is 2.46. The lowest BCUT2D eigenvalue weighted by Crippen LogP contribution is -2.26. The first-order valence-electron chi connectivity index (χ1n) is 11.6. The summed E-state index contributed by atoms with van der Waals surface area (Å²) in [6.07, 6.45) is 0.976. The number of carbonyl (C=O) groups is 1. The minimum atomic E-state index is -5.52. The lowest BCUT2D eigenvalue weighted by Gasteiger charge is -2.18. The molecule has 1 unspecified atom stereocenters. The number of aliphatic hydroxyl groups is 1. The average Bonchev–Trinajstić information content (AvgIpc) is 3.44. The maximum atomic E-state index is 12.6. The van der Waals surface area contributed by atoms with Crippen molar-refractivity contribution in [1.82, 2.24) is 19.5 Å². The number of carbonyl (C=O) groups excluding carboxylic acids is 1. The predicted octanol–water partition coefficient (Wildman–Crippen LogP) is 2.35. The number of imidazole rings is 1. The maximum absolute atomic E-state index is 12.6. The molecule has 206 valence electrons. The fraction of sp³-hybridized carbons (Fsp3) is 0.429. The number of hydrogen-bond donors (Lipinski definition) is 6. The van der Waals surface area contributed by atoms with Gasteiger partial charge >= 0.3 is 20.5 Å². The minimum Gasteiger partial charge on any atom is -0.390 e. The van der Waals surface area contributed by atoms with Crippen LogP contribution in [0.15, 0.2) is 35.4 Å². The van der Waals surface area contributed by atoms with Crippen molar-refractivity contribution >= 4 is 43.3 Å². The van der Waals surface area contributed by atoms with E-state index in [9.17, 15) is 28.7 Å². The van der Waals surface area contributed by atoms with Gasteiger partial charge in [0.25, 0.3) is 5.56 Å². The molecule has 17 heteroatoms. The average molecular weight is 571 g/mol. The van der Waals surface area contributed by atoms with Crippen molar-refractivity contribution in [1.29, 1.82) is 0 Å². The summed E-state index contributed by atoms with van der Waals surface area (Å²) >= 11 is 0. The molecule has 0 amide bonds. The van der Waals surface area contributed by atoms with Gasteiger partial charge in [-0.3, -0.25) is 28.3 Å².